The molecule has 0 saturated carbocycles. The van der Waals surface area contributed by atoms with Crippen LogP contribution in [0, 0.1) is 0 Å². The number of hydrogen-bond acceptors (Lipinski definition) is 12. The lowest BCUT2D eigenvalue weighted by molar-refractivity contribution is -0.193. The molecule has 2 unspecified atom stereocenters. The second-order valence-electron chi connectivity index (χ2n) is 8.64. The molecule has 0 spiro atoms. The summed E-state index contributed by atoms with van der Waals surface area (Å²) in [5.74, 6) is -6.01. The smallest absolute Gasteiger partial charge is 0.475 e. The van der Waals surface area contributed by atoms with Crippen LogP contribution in [0.3, 0.4) is 0 Å². The molecule has 8 N–H and O–H groups in total. The molecule has 0 heterocycles. The zero-order chi connectivity index (χ0) is 37.2. The third kappa shape index (κ3) is 19.9. The van der Waals surface area contributed by atoms with Crippen LogP contribution in [0.2, 0.25) is 0 Å². The first-order chi connectivity index (χ1) is 22.0. The van der Waals surface area contributed by atoms with Crippen molar-refractivity contribution in [2.45, 2.75) is 38.3 Å². The number of carboxylic acid groups (broad SMARTS) is 2. The summed E-state index contributed by atoms with van der Waals surface area (Å²) in [5, 5.41) is 19.5. The van der Waals surface area contributed by atoms with Crippen LogP contribution < -0.4 is 31.6 Å². The summed E-state index contributed by atoms with van der Waals surface area (Å²) in [6.45, 7) is 2.79. The van der Waals surface area contributed by atoms with Crippen LogP contribution in [-0.4, -0.2) is 81.8 Å². The van der Waals surface area contributed by atoms with E-state index in [9.17, 15) is 45.5 Å². The minimum absolute atomic E-state index is 0.202. The van der Waals surface area contributed by atoms with Crippen molar-refractivity contribution < 1.29 is 74.8 Å². The van der Waals surface area contributed by atoms with Crippen LogP contribution in [0.4, 0.5) is 37.7 Å². The van der Waals surface area contributed by atoms with Crippen molar-refractivity contribution in [3.8, 4) is 11.5 Å². The van der Waals surface area contributed by atoms with Crippen molar-refractivity contribution in [3.63, 3.8) is 0 Å². The highest BCUT2D eigenvalue weighted by Crippen LogP contribution is 2.24. The van der Waals surface area contributed by atoms with E-state index < -0.39 is 48.3 Å². The van der Waals surface area contributed by atoms with Crippen LogP contribution >= 0.6 is 21.6 Å². The van der Waals surface area contributed by atoms with Gasteiger partial charge in [0.2, 0.25) is 11.8 Å². The average Bonchev–Trinajstić information content (AvgIpc) is 2.96. The molecule has 2 amide bonds. The van der Waals surface area contributed by atoms with Crippen molar-refractivity contribution >= 4 is 68.7 Å². The van der Waals surface area contributed by atoms with E-state index in [-0.39, 0.29) is 23.3 Å². The van der Waals surface area contributed by atoms with Gasteiger partial charge in [-0.15, -0.1) is 0 Å². The third-order valence-corrected chi connectivity index (χ3v) is 6.93. The summed E-state index contributed by atoms with van der Waals surface area (Å²) in [7, 11) is 2.57. The molecule has 0 saturated heterocycles. The Labute approximate surface area is 275 Å². The first kappa shape index (κ1) is 43.5. The van der Waals surface area contributed by atoms with Crippen molar-refractivity contribution in [2.75, 3.05) is 22.1 Å². The summed E-state index contributed by atoms with van der Waals surface area (Å²) in [4.78, 5) is 64.1. The fraction of sp³-hybridized carbons (Fsp3) is 0.308. The van der Waals surface area contributed by atoms with Crippen molar-refractivity contribution in [3.05, 3.63) is 48.5 Å². The molecule has 0 radical (unpaired) electrons. The number of carbonyl (C=O) groups excluding carboxylic acids is 4. The Hall–Kier alpha value is -4.54. The van der Waals surface area contributed by atoms with Crippen LogP contribution in [0.15, 0.2) is 48.5 Å². The zero-order valence-electron chi connectivity index (χ0n) is 24.6. The number of alkyl halides is 6. The fourth-order valence-electron chi connectivity index (χ4n) is 2.38. The zero-order valence-corrected chi connectivity index (χ0v) is 26.2. The highest BCUT2D eigenvalue weighted by Gasteiger charge is 2.38. The first-order valence-corrected chi connectivity index (χ1v) is 15.1. The Morgan fingerprint density at radius 1 is 0.646 bits per heavy atom. The predicted octanol–water partition coefficient (Wildman–Crippen LogP) is 3.42. The van der Waals surface area contributed by atoms with Gasteiger partial charge in [0.25, 0.3) is 0 Å². The highest BCUT2D eigenvalue weighted by atomic mass is 33.1. The second kappa shape index (κ2) is 20.6. The predicted molar refractivity (Wildman–Crippen MR) is 161 cm³/mol. The number of hydrogen-bond donors (Lipinski definition) is 6. The van der Waals surface area contributed by atoms with Gasteiger partial charge in [-0.3, -0.25) is 9.59 Å². The Kier molecular flexibility index (Phi) is 18.7. The number of carbonyl (C=O) groups is 6. The number of amides is 2. The lowest BCUT2D eigenvalue weighted by Gasteiger charge is -2.13. The van der Waals surface area contributed by atoms with Crippen LogP contribution in [0.1, 0.15) is 13.8 Å². The SMILES string of the molecule is CC(=O)Nc1ccc(OC(=O)C(N)CSSCC(N)C(=O)Oc2ccc(NC(C)=O)cc2)cc1.O=C(O)C(F)(F)F.O=C(O)C(F)(F)F. The minimum atomic E-state index is -5.08. The van der Waals surface area contributed by atoms with Gasteiger partial charge in [-0.25, -0.2) is 19.2 Å². The monoisotopic (exact) mass is 734 g/mol. The van der Waals surface area contributed by atoms with E-state index in [0.717, 1.165) is 0 Å². The number of aliphatic carboxylic acids is 2. The molecule has 0 aromatic heterocycles. The molecule has 22 heteroatoms. The Balaban J connectivity index is 0.00000131. The van der Waals surface area contributed by atoms with Gasteiger partial charge >= 0.3 is 36.2 Å². The number of anilines is 2. The molecular formula is C26H28F6N4O10S2. The molecule has 48 heavy (non-hydrogen) atoms. The van der Waals surface area contributed by atoms with E-state index in [2.05, 4.69) is 10.6 Å². The Morgan fingerprint density at radius 3 is 1.10 bits per heavy atom. The third-order valence-electron chi connectivity index (χ3n) is 4.46. The molecule has 0 fully saturated rings. The number of nitrogens with one attached hydrogen (secondary N) is 2. The van der Waals surface area contributed by atoms with E-state index in [0.29, 0.717) is 22.9 Å². The molecule has 0 bridgehead atoms. The molecule has 2 aromatic rings. The Morgan fingerprint density at radius 2 is 0.896 bits per heavy atom. The summed E-state index contributed by atoms with van der Waals surface area (Å²) in [5.41, 5.74) is 12.9. The molecule has 14 nitrogen and oxygen atoms in total. The van der Waals surface area contributed by atoms with Gasteiger partial charge in [0.1, 0.15) is 23.6 Å². The van der Waals surface area contributed by atoms with Gasteiger partial charge in [0, 0.05) is 36.7 Å². The number of benzene rings is 2. The van der Waals surface area contributed by atoms with Gasteiger partial charge in [0.15, 0.2) is 0 Å². The van der Waals surface area contributed by atoms with Crippen molar-refractivity contribution in [1.29, 1.82) is 0 Å². The van der Waals surface area contributed by atoms with Gasteiger partial charge < -0.3 is 41.8 Å². The maximum Gasteiger partial charge on any atom is 0.490 e. The Bertz CT molecular complexity index is 1290. The van der Waals surface area contributed by atoms with Gasteiger partial charge in [0.05, 0.1) is 0 Å². The maximum absolute atomic E-state index is 12.1. The van der Waals surface area contributed by atoms with E-state index in [4.69, 9.17) is 40.7 Å². The molecule has 0 aliphatic heterocycles. The van der Waals surface area contributed by atoms with Crippen LogP contribution in [-0.2, 0) is 28.8 Å². The van der Waals surface area contributed by atoms with Gasteiger partial charge in [-0.2, -0.15) is 26.3 Å². The molecule has 2 atom stereocenters. The minimum Gasteiger partial charge on any atom is -0.475 e. The van der Waals surface area contributed by atoms with Crippen molar-refractivity contribution in [1.82, 2.24) is 0 Å². The number of halogens is 6. The molecule has 2 aromatic carbocycles. The quantitative estimate of drug-likeness (QED) is 0.0638. The van der Waals surface area contributed by atoms with Crippen molar-refractivity contribution in [2.24, 2.45) is 11.5 Å². The second-order valence-corrected chi connectivity index (χ2v) is 11.2. The number of rotatable bonds is 11. The molecule has 266 valence electrons. The first-order valence-electron chi connectivity index (χ1n) is 12.6. The van der Waals surface area contributed by atoms with E-state index >= 15 is 0 Å². The highest BCUT2D eigenvalue weighted by molar-refractivity contribution is 8.76. The number of ether oxygens (including phenoxy) is 2. The number of esters is 2. The fourth-order valence-corrected chi connectivity index (χ4v) is 4.60. The topological polar surface area (TPSA) is 237 Å². The standard InChI is InChI=1S/C22H26N4O6S2.2C2HF3O2/c1-13(27)25-15-3-7-17(8-4-15)31-21(29)19(23)11-33-34-12-20(24)22(30)32-18-9-5-16(6-10-18)26-14(2)28;2*3-2(4,5)1(6)7/h3-10,19-20H,11-12,23-24H2,1-2H3,(H,25,27)(H,26,28);2*(H,6,7). The average molecular weight is 735 g/mol. The maximum atomic E-state index is 12.1. The molecular weight excluding hydrogens is 706 g/mol. The van der Waals surface area contributed by atoms with E-state index in [1.807, 2.05) is 0 Å². The van der Waals surface area contributed by atoms with Crippen LogP contribution in [0.25, 0.3) is 0 Å². The lowest BCUT2D eigenvalue weighted by atomic mass is 10.3. The number of nitrogens with two attached hydrogens (primary N) is 2. The summed E-state index contributed by atoms with van der Waals surface area (Å²) >= 11 is 0. The molecule has 2 rings (SSSR count). The summed E-state index contributed by atoms with van der Waals surface area (Å²) < 4.78 is 73.9. The largest absolute Gasteiger partial charge is 0.490 e. The normalized spacial score (nSPS) is 12.0. The summed E-state index contributed by atoms with van der Waals surface area (Å²) in [6, 6.07) is 10.9. The number of carboxylic acids is 2. The van der Waals surface area contributed by atoms with Gasteiger partial charge in [-0.05, 0) is 48.5 Å². The molecule has 0 aliphatic carbocycles. The molecule has 0 aliphatic rings. The van der Waals surface area contributed by atoms with Crippen LogP contribution in [0.5, 0.6) is 11.5 Å². The van der Waals surface area contributed by atoms with E-state index in [1.165, 1.54) is 35.4 Å². The van der Waals surface area contributed by atoms with E-state index in [1.54, 1.807) is 48.5 Å². The summed E-state index contributed by atoms with van der Waals surface area (Å²) in [6.07, 6.45) is -10.2. The van der Waals surface area contributed by atoms with Gasteiger partial charge in [-0.1, -0.05) is 21.6 Å². The lowest BCUT2D eigenvalue weighted by Crippen LogP contribution is -2.37.